The van der Waals surface area contributed by atoms with E-state index >= 15 is 0 Å². The summed E-state index contributed by atoms with van der Waals surface area (Å²) in [4.78, 5) is 35.3. The van der Waals surface area contributed by atoms with Gasteiger partial charge in [0.2, 0.25) is 5.91 Å². The van der Waals surface area contributed by atoms with E-state index < -0.39 is 18.5 Å². The van der Waals surface area contributed by atoms with Crippen LogP contribution in [0.4, 0.5) is 11.4 Å². The highest BCUT2D eigenvalue weighted by Gasteiger charge is 2.12. The molecule has 0 radical (unpaired) electrons. The van der Waals surface area contributed by atoms with E-state index in [2.05, 4.69) is 10.6 Å². The minimum absolute atomic E-state index is 0.0987. The first-order valence-corrected chi connectivity index (χ1v) is 8.93. The fourth-order valence-electron chi connectivity index (χ4n) is 1.98. The zero-order valence-corrected chi connectivity index (χ0v) is 16.2. The van der Waals surface area contributed by atoms with E-state index in [-0.39, 0.29) is 23.8 Å². The standard InChI is InChI=1S/C18H15Cl3N2O4/c19-12-6-5-11(9-14(12)21)22-17(25)10-27-18(26)8-7-16(24)23-15-4-2-1-3-13(15)20/h1-6,9H,7-8,10H2,(H,22,25)(H,23,24). The molecule has 6 nitrogen and oxygen atoms in total. The van der Waals surface area contributed by atoms with Crippen molar-refractivity contribution >= 4 is 64.0 Å². The fourth-order valence-corrected chi connectivity index (χ4v) is 2.46. The molecule has 0 unspecified atom stereocenters. The second-order valence-corrected chi connectivity index (χ2v) is 6.59. The van der Waals surface area contributed by atoms with Crippen LogP contribution in [0, 0.1) is 0 Å². The second kappa shape index (κ2) is 10.2. The third kappa shape index (κ3) is 7.09. The number of rotatable bonds is 7. The summed E-state index contributed by atoms with van der Waals surface area (Å²) in [6.07, 6.45) is -0.269. The Bertz CT molecular complexity index is 858. The fraction of sp³-hybridized carbons (Fsp3) is 0.167. The number of carbonyl (C=O) groups is 3. The van der Waals surface area contributed by atoms with Crippen molar-refractivity contribution in [3.63, 3.8) is 0 Å². The van der Waals surface area contributed by atoms with Gasteiger partial charge in [-0.15, -0.1) is 0 Å². The van der Waals surface area contributed by atoms with Gasteiger partial charge in [-0.1, -0.05) is 46.9 Å². The third-order valence-electron chi connectivity index (χ3n) is 3.27. The number of nitrogens with one attached hydrogen (secondary N) is 2. The number of carbonyl (C=O) groups excluding carboxylic acids is 3. The summed E-state index contributed by atoms with van der Waals surface area (Å²) in [5, 5.41) is 6.15. The van der Waals surface area contributed by atoms with E-state index in [4.69, 9.17) is 39.5 Å². The van der Waals surface area contributed by atoms with Crippen molar-refractivity contribution in [2.75, 3.05) is 17.2 Å². The first-order valence-electron chi connectivity index (χ1n) is 7.80. The molecule has 0 atom stereocenters. The Morgan fingerprint density at radius 3 is 2.26 bits per heavy atom. The largest absolute Gasteiger partial charge is 0.456 e. The van der Waals surface area contributed by atoms with E-state index in [1.807, 2.05) is 0 Å². The first kappa shape index (κ1) is 21.0. The van der Waals surface area contributed by atoms with Crippen LogP contribution in [0.2, 0.25) is 15.1 Å². The molecule has 27 heavy (non-hydrogen) atoms. The van der Waals surface area contributed by atoms with Crippen molar-refractivity contribution in [3.05, 3.63) is 57.5 Å². The summed E-state index contributed by atoms with van der Waals surface area (Å²) in [6.45, 7) is -0.481. The summed E-state index contributed by atoms with van der Waals surface area (Å²) in [5.74, 6) is -1.60. The average Bonchev–Trinajstić information content (AvgIpc) is 2.63. The number of para-hydroxylation sites is 1. The first-order chi connectivity index (χ1) is 12.8. The van der Waals surface area contributed by atoms with Crippen molar-refractivity contribution in [1.29, 1.82) is 0 Å². The number of anilines is 2. The SMILES string of the molecule is O=C(COC(=O)CCC(=O)Nc1ccccc1Cl)Nc1ccc(Cl)c(Cl)c1. The van der Waals surface area contributed by atoms with E-state index in [1.54, 1.807) is 30.3 Å². The van der Waals surface area contributed by atoms with Gasteiger partial charge in [0.1, 0.15) is 0 Å². The van der Waals surface area contributed by atoms with Crippen LogP contribution in [0.15, 0.2) is 42.5 Å². The van der Waals surface area contributed by atoms with Crippen LogP contribution in [0.1, 0.15) is 12.8 Å². The van der Waals surface area contributed by atoms with E-state index in [0.717, 1.165) is 0 Å². The Labute approximate surface area is 170 Å². The van der Waals surface area contributed by atoms with Crippen LogP contribution in [0.5, 0.6) is 0 Å². The monoisotopic (exact) mass is 428 g/mol. The van der Waals surface area contributed by atoms with Crippen molar-refractivity contribution in [2.24, 2.45) is 0 Å². The van der Waals surface area contributed by atoms with Gasteiger partial charge in [0.25, 0.3) is 5.91 Å². The smallest absolute Gasteiger partial charge is 0.306 e. The third-order valence-corrected chi connectivity index (χ3v) is 4.34. The quantitative estimate of drug-likeness (QED) is 0.633. The lowest BCUT2D eigenvalue weighted by Gasteiger charge is -2.08. The number of ether oxygens (including phenoxy) is 1. The summed E-state index contributed by atoms with van der Waals surface area (Å²) in [5.41, 5.74) is 0.878. The zero-order chi connectivity index (χ0) is 19.8. The number of benzene rings is 2. The lowest BCUT2D eigenvalue weighted by atomic mass is 10.2. The van der Waals surface area contributed by atoms with Gasteiger partial charge in [-0.2, -0.15) is 0 Å². The van der Waals surface area contributed by atoms with Crippen LogP contribution >= 0.6 is 34.8 Å². The van der Waals surface area contributed by atoms with Crippen LogP contribution in [-0.4, -0.2) is 24.4 Å². The van der Waals surface area contributed by atoms with E-state index in [0.29, 0.717) is 21.4 Å². The predicted octanol–water partition coefficient (Wildman–Crippen LogP) is 4.55. The molecule has 0 spiro atoms. The molecular formula is C18H15Cl3N2O4. The molecule has 0 aromatic heterocycles. The maximum atomic E-state index is 11.8. The minimum atomic E-state index is -0.673. The van der Waals surface area contributed by atoms with Gasteiger partial charge in [-0.25, -0.2) is 0 Å². The molecule has 0 heterocycles. The Kier molecular flexibility index (Phi) is 7.91. The molecule has 0 fully saturated rings. The number of hydrogen-bond acceptors (Lipinski definition) is 4. The number of esters is 1. The predicted molar refractivity (Wildman–Crippen MR) is 105 cm³/mol. The summed E-state index contributed by atoms with van der Waals surface area (Å²) in [7, 11) is 0. The Morgan fingerprint density at radius 2 is 1.56 bits per heavy atom. The molecule has 0 bridgehead atoms. The number of amides is 2. The molecule has 9 heteroatoms. The normalized spacial score (nSPS) is 10.2. The van der Waals surface area contributed by atoms with Gasteiger partial charge in [0, 0.05) is 12.1 Å². The van der Waals surface area contributed by atoms with E-state index in [9.17, 15) is 14.4 Å². The molecular weight excluding hydrogens is 415 g/mol. The lowest BCUT2D eigenvalue weighted by molar-refractivity contribution is -0.147. The molecule has 142 valence electrons. The molecule has 0 saturated carbocycles. The Balaban J connectivity index is 1.70. The topological polar surface area (TPSA) is 84.5 Å². The number of halogens is 3. The molecule has 2 amide bonds. The van der Waals surface area contributed by atoms with Crippen LogP contribution in [0.3, 0.4) is 0 Å². The summed E-state index contributed by atoms with van der Waals surface area (Å²) >= 11 is 17.6. The molecule has 0 aliphatic heterocycles. The Hall–Kier alpha value is -2.28. The number of hydrogen-bond donors (Lipinski definition) is 2. The lowest BCUT2D eigenvalue weighted by Crippen LogP contribution is -2.21. The van der Waals surface area contributed by atoms with Crippen LogP contribution in [-0.2, 0) is 19.1 Å². The highest BCUT2D eigenvalue weighted by molar-refractivity contribution is 6.42. The van der Waals surface area contributed by atoms with Gasteiger partial charge in [0.15, 0.2) is 6.61 Å². The molecule has 0 aliphatic carbocycles. The highest BCUT2D eigenvalue weighted by atomic mass is 35.5. The molecule has 2 aromatic carbocycles. The van der Waals surface area contributed by atoms with E-state index in [1.165, 1.54) is 12.1 Å². The van der Waals surface area contributed by atoms with Crippen LogP contribution < -0.4 is 10.6 Å². The highest BCUT2D eigenvalue weighted by Crippen LogP contribution is 2.25. The molecule has 2 rings (SSSR count). The van der Waals surface area contributed by atoms with Gasteiger partial charge in [0.05, 0.1) is 27.2 Å². The van der Waals surface area contributed by atoms with Gasteiger partial charge < -0.3 is 15.4 Å². The summed E-state index contributed by atoms with van der Waals surface area (Å²) in [6, 6.07) is 11.3. The van der Waals surface area contributed by atoms with Crippen molar-refractivity contribution in [3.8, 4) is 0 Å². The van der Waals surface area contributed by atoms with Crippen molar-refractivity contribution < 1.29 is 19.1 Å². The minimum Gasteiger partial charge on any atom is -0.456 e. The van der Waals surface area contributed by atoms with Crippen molar-refractivity contribution in [1.82, 2.24) is 0 Å². The van der Waals surface area contributed by atoms with Crippen molar-refractivity contribution in [2.45, 2.75) is 12.8 Å². The van der Waals surface area contributed by atoms with Gasteiger partial charge in [-0.05, 0) is 30.3 Å². The van der Waals surface area contributed by atoms with Gasteiger partial charge >= 0.3 is 5.97 Å². The van der Waals surface area contributed by atoms with Gasteiger partial charge in [-0.3, -0.25) is 14.4 Å². The summed E-state index contributed by atoms with van der Waals surface area (Å²) < 4.78 is 4.84. The average molecular weight is 430 g/mol. The maximum Gasteiger partial charge on any atom is 0.306 e. The van der Waals surface area contributed by atoms with Crippen LogP contribution in [0.25, 0.3) is 0 Å². The molecule has 0 aliphatic rings. The second-order valence-electron chi connectivity index (χ2n) is 5.37. The maximum absolute atomic E-state index is 11.8. The molecule has 2 N–H and O–H groups in total. The Morgan fingerprint density at radius 1 is 0.815 bits per heavy atom. The molecule has 2 aromatic rings. The molecule has 0 saturated heterocycles. The zero-order valence-electron chi connectivity index (χ0n) is 13.9.